The first-order valence-corrected chi connectivity index (χ1v) is 10.8. The molecular weight excluding hydrogens is 370 g/mol. The number of urea groups is 1. The van der Waals surface area contributed by atoms with E-state index in [4.69, 9.17) is 4.74 Å². The fraction of sp³-hybridized carbons (Fsp3) is 0.556. The normalized spacial score (nSPS) is 21.0. The van der Waals surface area contributed by atoms with Crippen molar-refractivity contribution >= 4 is 21.8 Å². The van der Waals surface area contributed by atoms with E-state index in [1.807, 2.05) is 29.2 Å². The second-order valence-corrected chi connectivity index (χ2v) is 9.33. The van der Waals surface area contributed by atoms with Crippen LogP contribution in [0.5, 0.6) is 5.75 Å². The number of rotatable bonds is 7. The Kier molecular flexibility index (Phi) is 6.01. The number of hydrogen-bond donors (Lipinski definition) is 2. The Balaban J connectivity index is 1.64. The van der Waals surface area contributed by atoms with Gasteiger partial charge in [0.05, 0.1) is 25.2 Å². The largest absolute Gasteiger partial charge is 0.497 e. The summed E-state index contributed by atoms with van der Waals surface area (Å²) >= 11 is 0. The summed E-state index contributed by atoms with van der Waals surface area (Å²) in [6.45, 7) is 0.381. The summed E-state index contributed by atoms with van der Waals surface area (Å²) in [4.78, 5) is 25.9. The first kappa shape index (κ1) is 19.6. The number of nitrogens with zero attached hydrogens (tertiary/aromatic N) is 1. The number of hydrogen-bond acceptors (Lipinski definition) is 6. The summed E-state index contributed by atoms with van der Waals surface area (Å²) in [5, 5.41) is 5.03. The Morgan fingerprint density at radius 1 is 1.19 bits per heavy atom. The van der Waals surface area contributed by atoms with E-state index in [0.717, 1.165) is 24.2 Å². The zero-order valence-electron chi connectivity index (χ0n) is 15.3. The SMILES string of the molecule is COc1ccc(CN(CC(=O)NC(=O)NC2CC2)C2CCS(=O)(=O)C2)cc1. The molecule has 1 aromatic carbocycles. The van der Waals surface area contributed by atoms with E-state index in [9.17, 15) is 18.0 Å². The minimum atomic E-state index is -3.08. The third kappa shape index (κ3) is 5.93. The number of methoxy groups -OCH3 is 1. The minimum Gasteiger partial charge on any atom is -0.497 e. The average molecular weight is 395 g/mol. The summed E-state index contributed by atoms with van der Waals surface area (Å²) in [5.41, 5.74) is 0.940. The lowest BCUT2D eigenvalue weighted by atomic mass is 10.1. The van der Waals surface area contributed by atoms with Gasteiger partial charge in [-0.1, -0.05) is 12.1 Å². The molecular formula is C18H25N3O5S. The van der Waals surface area contributed by atoms with Crippen LogP contribution in [0.3, 0.4) is 0 Å². The van der Waals surface area contributed by atoms with Gasteiger partial charge in [-0.15, -0.1) is 0 Å². The number of ether oxygens (including phenoxy) is 1. The first-order chi connectivity index (χ1) is 12.8. The van der Waals surface area contributed by atoms with Crippen molar-refractivity contribution in [2.75, 3.05) is 25.2 Å². The van der Waals surface area contributed by atoms with Crippen molar-refractivity contribution in [1.29, 1.82) is 0 Å². The molecule has 3 rings (SSSR count). The molecule has 0 aromatic heterocycles. The summed E-state index contributed by atoms with van der Waals surface area (Å²) < 4.78 is 28.9. The number of imide groups is 1. The van der Waals surface area contributed by atoms with Gasteiger partial charge < -0.3 is 10.1 Å². The smallest absolute Gasteiger partial charge is 0.321 e. The highest BCUT2D eigenvalue weighted by atomic mass is 32.2. The molecule has 0 spiro atoms. The number of amides is 3. The zero-order chi connectivity index (χ0) is 19.4. The van der Waals surface area contributed by atoms with E-state index < -0.39 is 21.8 Å². The summed E-state index contributed by atoms with van der Waals surface area (Å²) in [7, 11) is -1.50. The number of sulfone groups is 1. The van der Waals surface area contributed by atoms with Gasteiger partial charge >= 0.3 is 6.03 Å². The van der Waals surface area contributed by atoms with Crippen LogP contribution in [-0.2, 0) is 21.2 Å². The van der Waals surface area contributed by atoms with Gasteiger partial charge in [0.1, 0.15) is 5.75 Å². The van der Waals surface area contributed by atoms with Gasteiger partial charge in [-0.2, -0.15) is 0 Å². The van der Waals surface area contributed by atoms with E-state index in [2.05, 4.69) is 10.6 Å². The van der Waals surface area contributed by atoms with Crippen LogP contribution in [0.25, 0.3) is 0 Å². The van der Waals surface area contributed by atoms with E-state index in [1.54, 1.807) is 7.11 Å². The number of carbonyl (C=O) groups is 2. The van der Waals surface area contributed by atoms with Crippen molar-refractivity contribution in [3.8, 4) is 5.75 Å². The molecule has 2 fully saturated rings. The molecule has 2 aliphatic rings. The molecule has 1 unspecified atom stereocenters. The van der Waals surface area contributed by atoms with Crippen LogP contribution in [0.1, 0.15) is 24.8 Å². The molecule has 1 heterocycles. The van der Waals surface area contributed by atoms with Crippen LogP contribution in [0, 0.1) is 0 Å². The quantitative estimate of drug-likeness (QED) is 0.703. The van der Waals surface area contributed by atoms with Gasteiger partial charge in [-0.3, -0.25) is 15.0 Å². The van der Waals surface area contributed by atoms with Crippen molar-refractivity contribution in [2.45, 2.75) is 37.9 Å². The summed E-state index contributed by atoms with van der Waals surface area (Å²) in [6, 6.07) is 6.83. The topological polar surface area (TPSA) is 105 Å². The van der Waals surface area contributed by atoms with Crippen LogP contribution in [0.15, 0.2) is 24.3 Å². The molecule has 0 bridgehead atoms. The van der Waals surface area contributed by atoms with Gasteiger partial charge in [0, 0.05) is 18.6 Å². The van der Waals surface area contributed by atoms with Crippen LogP contribution < -0.4 is 15.4 Å². The third-order valence-corrected chi connectivity index (χ3v) is 6.53. The molecule has 3 amide bonds. The van der Waals surface area contributed by atoms with Crippen molar-refractivity contribution in [1.82, 2.24) is 15.5 Å². The molecule has 9 heteroatoms. The van der Waals surface area contributed by atoms with Crippen LogP contribution in [-0.4, -0.2) is 62.5 Å². The van der Waals surface area contributed by atoms with E-state index in [1.165, 1.54) is 0 Å². The second-order valence-electron chi connectivity index (χ2n) is 7.11. The van der Waals surface area contributed by atoms with E-state index in [-0.39, 0.29) is 30.1 Å². The predicted octanol–water partition coefficient (Wildman–Crippen LogP) is 0.673. The van der Waals surface area contributed by atoms with Gasteiger partial charge in [-0.05, 0) is 37.0 Å². The Labute approximate surface area is 159 Å². The van der Waals surface area contributed by atoms with Crippen molar-refractivity contribution in [3.05, 3.63) is 29.8 Å². The number of carbonyl (C=O) groups excluding carboxylic acids is 2. The number of nitrogens with one attached hydrogen (secondary N) is 2. The molecule has 0 radical (unpaired) electrons. The van der Waals surface area contributed by atoms with Crippen LogP contribution in [0.2, 0.25) is 0 Å². The Bertz CT molecular complexity index is 790. The van der Waals surface area contributed by atoms with Gasteiger partial charge in [0.15, 0.2) is 9.84 Å². The second kappa shape index (κ2) is 8.26. The summed E-state index contributed by atoms with van der Waals surface area (Å²) in [6.07, 6.45) is 2.36. The molecule has 1 aliphatic heterocycles. The molecule has 148 valence electrons. The van der Waals surface area contributed by atoms with Gasteiger partial charge in [0.2, 0.25) is 5.91 Å². The highest BCUT2D eigenvalue weighted by Gasteiger charge is 2.33. The Hall–Kier alpha value is -2.13. The lowest BCUT2D eigenvalue weighted by molar-refractivity contribution is -0.121. The molecule has 1 saturated carbocycles. The van der Waals surface area contributed by atoms with Crippen molar-refractivity contribution in [2.24, 2.45) is 0 Å². The number of benzene rings is 1. The molecule has 8 nitrogen and oxygen atoms in total. The Morgan fingerprint density at radius 3 is 2.44 bits per heavy atom. The maximum absolute atomic E-state index is 12.3. The molecule has 1 saturated heterocycles. The molecule has 1 aliphatic carbocycles. The molecule has 2 N–H and O–H groups in total. The monoisotopic (exact) mass is 395 g/mol. The van der Waals surface area contributed by atoms with E-state index >= 15 is 0 Å². The lowest BCUT2D eigenvalue weighted by Crippen LogP contribution is -2.47. The highest BCUT2D eigenvalue weighted by molar-refractivity contribution is 7.91. The molecule has 1 aromatic rings. The standard InChI is InChI=1S/C18H25N3O5S/c1-26-16-6-2-13(3-7-16)10-21(15-8-9-27(24,25)12-15)11-17(22)20-18(23)19-14-4-5-14/h2-3,6-7,14-15H,4-5,8-12H2,1H3,(H2,19,20,22,23). The lowest BCUT2D eigenvalue weighted by Gasteiger charge is -2.27. The fourth-order valence-electron chi connectivity index (χ4n) is 3.14. The predicted molar refractivity (Wildman–Crippen MR) is 100 cm³/mol. The first-order valence-electron chi connectivity index (χ1n) is 9.02. The zero-order valence-corrected chi connectivity index (χ0v) is 16.1. The minimum absolute atomic E-state index is 0.0324. The van der Waals surface area contributed by atoms with Gasteiger partial charge in [0.25, 0.3) is 0 Å². The fourth-order valence-corrected chi connectivity index (χ4v) is 4.90. The Morgan fingerprint density at radius 2 is 1.89 bits per heavy atom. The average Bonchev–Trinajstić information content (AvgIpc) is 3.34. The molecule has 1 atom stereocenters. The van der Waals surface area contributed by atoms with Crippen LogP contribution >= 0.6 is 0 Å². The van der Waals surface area contributed by atoms with Crippen molar-refractivity contribution in [3.63, 3.8) is 0 Å². The van der Waals surface area contributed by atoms with Crippen molar-refractivity contribution < 1.29 is 22.7 Å². The third-order valence-electron chi connectivity index (χ3n) is 4.78. The maximum Gasteiger partial charge on any atom is 0.321 e. The van der Waals surface area contributed by atoms with Crippen LogP contribution in [0.4, 0.5) is 4.79 Å². The molecule has 27 heavy (non-hydrogen) atoms. The van der Waals surface area contributed by atoms with E-state index in [0.29, 0.717) is 13.0 Å². The highest BCUT2D eigenvalue weighted by Crippen LogP contribution is 2.21. The maximum atomic E-state index is 12.3. The van der Waals surface area contributed by atoms with Gasteiger partial charge in [-0.25, -0.2) is 13.2 Å². The summed E-state index contributed by atoms with van der Waals surface area (Å²) in [5.74, 6) is 0.444.